The van der Waals surface area contributed by atoms with Gasteiger partial charge in [0, 0.05) is 20.0 Å². The Labute approximate surface area is 114 Å². The lowest BCUT2D eigenvalue weighted by Crippen LogP contribution is -2.09. The van der Waals surface area contributed by atoms with Crippen LogP contribution in [0.25, 0.3) is 0 Å². The molecule has 2 aromatic rings. The van der Waals surface area contributed by atoms with Crippen LogP contribution in [0.2, 0.25) is 0 Å². The highest BCUT2D eigenvalue weighted by atomic mass is 79.9. The molecule has 3 N–H and O–H groups in total. The van der Waals surface area contributed by atoms with E-state index >= 15 is 0 Å². The quantitative estimate of drug-likeness (QED) is 0.894. The van der Waals surface area contributed by atoms with E-state index in [0.717, 1.165) is 34.6 Å². The number of rotatable bonds is 4. The fourth-order valence-corrected chi connectivity index (χ4v) is 1.98. The number of aryl methyl sites for hydroxylation is 1. The molecule has 96 valence electrons. The molecule has 0 fully saturated rings. The molecule has 0 aromatic carbocycles. The third kappa shape index (κ3) is 2.79. The third-order valence-electron chi connectivity index (χ3n) is 2.59. The summed E-state index contributed by atoms with van der Waals surface area (Å²) in [7, 11) is 1.85. The first-order valence-electron chi connectivity index (χ1n) is 5.57. The second kappa shape index (κ2) is 5.34. The van der Waals surface area contributed by atoms with Gasteiger partial charge in [0.1, 0.15) is 12.1 Å². The zero-order valence-corrected chi connectivity index (χ0v) is 11.9. The van der Waals surface area contributed by atoms with E-state index in [9.17, 15) is 0 Å². The van der Waals surface area contributed by atoms with Gasteiger partial charge in [0.2, 0.25) is 0 Å². The van der Waals surface area contributed by atoms with Crippen molar-refractivity contribution >= 4 is 27.4 Å². The third-order valence-corrected chi connectivity index (χ3v) is 3.56. The van der Waals surface area contributed by atoms with E-state index in [1.54, 1.807) is 17.2 Å². The van der Waals surface area contributed by atoms with E-state index in [-0.39, 0.29) is 0 Å². The highest BCUT2D eigenvalue weighted by Gasteiger charge is 2.07. The summed E-state index contributed by atoms with van der Waals surface area (Å²) in [5.74, 6) is 1.60. The van der Waals surface area contributed by atoms with Gasteiger partial charge in [-0.3, -0.25) is 4.68 Å². The summed E-state index contributed by atoms with van der Waals surface area (Å²) in [6.45, 7) is 2.67. The van der Waals surface area contributed by atoms with Gasteiger partial charge in [0.05, 0.1) is 16.4 Å². The number of nitrogen functional groups attached to an aromatic ring is 1. The smallest absolute Gasteiger partial charge is 0.152 e. The molecule has 0 saturated heterocycles. The van der Waals surface area contributed by atoms with Crippen LogP contribution in [-0.2, 0) is 13.5 Å². The van der Waals surface area contributed by atoms with E-state index in [1.807, 2.05) is 14.0 Å². The van der Waals surface area contributed by atoms with Crippen molar-refractivity contribution < 1.29 is 0 Å². The number of hydrogen-bond donors (Lipinski definition) is 2. The Kier molecular flexibility index (Phi) is 3.81. The van der Waals surface area contributed by atoms with Gasteiger partial charge in [-0.05, 0) is 28.4 Å². The monoisotopic (exact) mass is 310 g/mol. The molecule has 0 spiro atoms. The molecule has 0 aliphatic carbocycles. The van der Waals surface area contributed by atoms with Gasteiger partial charge in [-0.2, -0.15) is 5.10 Å². The molecular weight excluding hydrogens is 296 g/mol. The van der Waals surface area contributed by atoms with Crippen molar-refractivity contribution in [1.29, 1.82) is 0 Å². The number of aromatic nitrogens is 4. The van der Waals surface area contributed by atoms with E-state index in [4.69, 9.17) is 5.73 Å². The largest absolute Gasteiger partial charge is 0.397 e. The lowest BCUT2D eigenvalue weighted by Gasteiger charge is -2.09. The minimum Gasteiger partial charge on any atom is -0.397 e. The van der Waals surface area contributed by atoms with E-state index in [2.05, 4.69) is 36.3 Å². The van der Waals surface area contributed by atoms with Crippen molar-refractivity contribution in [3.8, 4) is 0 Å². The average molecular weight is 311 g/mol. The average Bonchev–Trinajstić information content (AvgIpc) is 2.75. The number of pyridine rings is 1. The van der Waals surface area contributed by atoms with Crippen LogP contribution in [0.15, 0.2) is 17.0 Å². The maximum Gasteiger partial charge on any atom is 0.152 e. The molecule has 6 nitrogen and oxygen atoms in total. The molecule has 0 unspecified atom stereocenters. The van der Waals surface area contributed by atoms with Crippen LogP contribution in [0.4, 0.5) is 11.5 Å². The van der Waals surface area contributed by atoms with E-state index in [0.29, 0.717) is 5.69 Å². The summed E-state index contributed by atoms with van der Waals surface area (Å²) < 4.78 is 2.59. The van der Waals surface area contributed by atoms with Crippen LogP contribution in [0.3, 0.4) is 0 Å². The topological polar surface area (TPSA) is 81.6 Å². The summed E-state index contributed by atoms with van der Waals surface area (Å²) in [6.07, 6.45) is 4.09. The Morgan fingerprint density at radius 1 is 1.44 bits per heavy atom. The van der Waals surface area contributed by atoms with Crippen molar-refractivity contribution in [3.05, 3.63) is 28.4 Å². The Morgan fingerprint density at radius 3 is 2.89 bits per heavy atom. The predicted octanol–water partition coefficient (Wildman–Crippen LogP) is 1.52. The highest BCUT2D eigenvalue weighted by molar-refractivity contribution is 9.10. The maximum atomic E-state index is 5.77. The van der Waals surface area contributed by atoms with Crippen molar-refractivity contribution in [2.75, 3.05) is 17.6 Å². The predicted molar refractivity (Wildman–Crippen MR) is 74.3 cm³/mol. The number of nitrogens with one attached hydrogen (secondary N) is 1. The number of nitrogens with two attached hydrogens (primary N) is 1. The molecule has 0 radical (unpaired) electrons. The van der Waals surface area contributed by atoms with Crippen molar-refractivity contribution in [2.24, 2.45) is 7.05 Å². The fourth-order valence-electron chi connectivity index (χ4n) is 1.51. The molecule has 0 amide bonds. The molecule has 2 aromatic heterocycles. The van der Waals surface area contributed by atoms with Crippen LogP contribution in [0.1, 0.15) is 11.4 Å². The van der Waals surface area contributed by atoms with Crippen LogP contribution in [0, 0.1) is 6.92 Å². The van der Waals surface area contributed by atoms with Gasteiger partial charge < -0.3 is 11.1 Å². The molecule has 0 saturated carbocycles. The number of hydrogen-bond acceptors (Lipinski definition) is 5. The minimum atomic E-state index is 0.679. The van der Waals surface area contributed by atoms with Crippen molar-refractivity contribution in [2.45, 2.75) is 13.3 Å². The molecule has 0 aliphatic rings. The first-order chi connectivity index (χ1) is 8.58. The lowest BCUT2D eigenvalue weighted by molar-refractivity contribution is 0.741. The Bertz CT molecular complexity index is 550. The zero-order chi connectivity index (χ0) is 13.1. The van der Waals surface area contributed by atoms with Crippen LogP contribution < -0.4 is 11.1 Å². The second-order valence-electron chi connectivity index (χ2n) is 4.01. The molecule has 0 bridgehead atoms. The van der Waals surface area contributed by atoms with Gasteiger partial charge >= 0.3 is 0 Å². The van der Waals surface area contributed by atoms with E-state index in [1.165, 1.54) is 0 Å². The van der Waals surface area contributed by atoms with Crippen LogP contribution in [-0.4, -0.2) is 26.3 Å². The van der Waals surface area contributed by atoms with Crippen molar-refractivity contribution in [1.82, 2.24) is 19.7 Å². The number of halogens is 1. The minimum absolute atomic E-state index is 0.679. The molecule has 7 heteroatoms. The Morgan fingerprint density at radius 2 is 2.22 bits per heavy atom. The summed E-state index contributed by atoms with van der Waals surface area (Å²) in [5, 5.41) is 7.45. The van der Waals surface area contributed by atoms with Gasteiger partial charge in [-0.15, -0.1) is 0 Å². The standard InChI is InChI=1S/C11H15BrN6/c1-7-8(13)5-15-11(10(7)12)14-4-3-9-16-6-18(2)17-9/h5-6H,3-4,13H2,1-2H3,(H,14,15). The number of nitrogens with zero attached hydrogens (tertiary/aromatic N) is 4. The Balaban J connectivity index is 1.96. The van der Waals surface area contributed by atoms with Gasteiger partial charge in [0.15, 0.2) is 5.82 Å². The van der Waals surface area contributed by atoms with Crippen LogP contribution >= 0.6 is 15.9 Å². The summed E-state index contributed by atoms with van der Waals surface area (Å²) >= 11 is 3.48. The summed E-state index contributed by atoms with van der Waals surface area (Å²) in [5.41, 5.74) is 7.44. The SMILES string of the molecule is Cc1c(N)cnc(NCCc2ncn(C)n2)c1Br. The van der Waals surface area contributed by atoms with Gasteiger partial charge in [-0.25, -0.2) is 9.97 Å². The first-order valence-corrected chi connectivity index (χ1v) is 6.36. The molecule has 0 atom stereocenters. The summed E-state index contributed by atoms with van der Waals surface area (Å²) in [4.78, 5) is 8.41. The number of anilines is 2. The van der Waals surface area contributed by atoms with E-state index < -0.39 is 0 Å². The summed E-state index contributed by atoms with van der Waals surface area (Å²) in [6, 6.07) is 0. The van der Waals surface area contributed by atoms with Crippen LogP contribution in [0.5, 0.6) is 0 Å². The molecule has 0 aliphatic heterocycles. The van der Waals surface area contributed by atoms with Gasteiger partial charge in [-0.1, -0.05) is 0 Å². The fraction of sp³-hybridized carbons (Fsp3) is 0.364. The Hall–Kier alpha value is -1.63. The maximum absolute atomic E-state index is 5.77. The zero-order valence-electron chi connectivity index (χ0n) is 10.3. The van der Waals surface area contributed by atoms with Gasteiger partial charge in [0.25, 0.3) is 0 Å². The van der Waals surface area contributed by atoms with Crippen molar-refractivity contribution in [3.63, 3.8) is 0 Å². The second-order valence-corrected chi connectivity index (χ2v) is 4.81. The first kappa shape index (κ1) is 12.8. The molecule has 2 rings (SSSR count). The normalized spacial score (nSPS) is 10.6. The molecular formula is C11H15BrN6. The highest BCUT2D eigenvalue weighted by Crippen LogP contribution is 2.27. The molecule has 2 heterocycles. The molecule has 18 heavy (non-hydrogen) atoms. The lowest BCUT2D eigenvalue weighted by atomic mass is 10.2.